The van der Waals surface area contributed by atoms with Gasteiger partial charge in [-0.05, 0) is 43.0 Å². The minimum absolute atomic E-state index is 0.00952. The van der Waals surface area contributed by atoms with Gasteiger partial charge < -0.3 is 9.64 Å². The van der Waals surface area contributed by atoms with E-state index in [4.69, 9.17) is 0 Å². The zero-order valence-corrected chi connectivity index (χ0v) is 11.6. The van der Waals surface area contributed by atoms with E-state index in [0.29, 0.717) is 6.54 Å². The van der Waals surface area contributed by atoms with Crippen LogP contribution in [-0.4, -0.2) is 31.6 Å². The van der Waals surface area contributed by atoms with Gasteiger partial charge in [-0.15, -0.1) is 0 Å². The molecule has 1 aliphatic carbocycles. The summed E-state index contributed by atoms with van der Waals surface area (Å²) in [5, 5.41) is 0. The summed E-state index contributed by atoms with van der Waals surface area (Å²) in [7, 11) is 3.29. The SMILES string of the molecule is COC(=O)c1ccc(CN(C)CC2CC2C)cc1F. The predicted molar refractivity (Wildman–Crippen MR) is 71.3 cm³/mol. The first-order chi connectivity index (χ1) is 9.01. The van der Waals surface area contributed by atoms with E-state index in [-0.39, 0.29) is 5.56 Å². The number of halogens is 1. The van der Waals surface area contributed by atoms with Gasteiger partial charge in [0.2, 0.25) is 0 Å². The van der Waals surface area contributed by atoms with Gasteiger partial charge in [-0.3, -0.25) is 0 Å². The van der Waals surface area contributed by atoms with Crippen molar-refractivity contribution in [1.82, 2.24) is 4.90 Å². The van der Waals surface area contributed by atoms with Gasteiger partial charge >= 0.3 is 5.97 Å². The van der Waals surface area contributed by atoms with Crippen molar-refractivity contribution in [2.24, 2.45) is 11.8 Å². The maximum atomic E-state index is 13.8. The molecule has 0 radical (unpaired) electrons. The molecule has 1 aliphatic rings. The molecule has 1 aromatic carbocycles. The summed E-state index contributed by atoms with van der Waals surface area (Å²) < 4.78 is 18.3. The Balaban J connectivity index is 1.97. The Labute approximate surface area is 113 Å². The Hall–Kier alpha value is -1.42. The first-order valence-corrected chi connectivity index (χ1v) is 6.56. The van der Waals surface area contributed by atoms with Crippen LogP contribution in [0.25, 0.3) is 0 Å². The largest absolute Gasteiger partial charge is 0.465 e. The molecule has 1 fully saturated rings. The Bertz CT molecular complexity index is 475. The quantitative estimate of drug-likeness (QED) is 0.767. The standard InChI is InChI=1S/C15H20FNO2/c1-10-6-12(10)9-17(2)8-11-4-5-13(14(16)7-11)15(18)19-3/h4-5,7,10,12H,6,8-9H2,1-3H3. The third-order valence-corrected chi connectivity index (χ3v) is 3.71. The molecular weight excluding hydrogens is 245 g/mol. The molecule has 1 saturated carbocycles. The second kappa shape index (κ2) is 5.70. The van der Waals surface area contributed by atoms with Crippen LogP contribution in [0.4, 0.5) is 4.39 Å². The first-order valence-electron chi connectivity index (χ1n) is 6.56. The Morgan fingerprint density at radius 1 is 1.53 bits per heavy atom. The van der Waals surface area contributed by atoms with Crippen molar-refractivity contribution in [2.75, 3.05) is 20.7 Å². The van der Waals surface area contributed by atoms with E-state index in [2.05, 4.69) is 16.6 Å². The fourth-order valence-electron chi connectivity index (χ4n) is 2.36. The molecule has 0 saturated heterocycles. The van der Waals surface area contributed by atoms with Gasteiger partial charge in [-0.1, -0.05) is 13.0 Å². The summed E-state index contributed by atoms with van der Waals surface area (Å²) in [5.74, 6) is 0.451. The highest BCUT2D eigenvalue weighted by atomic mass is 19.1. The van der Waals surface area contributed by atoms with Crippen LogP contribution in [0, 0.1) is 17.7 Å². The summed E-state index contributed by atoms with van der Waals surface area (Å²) in [5.41, 5.74) is 0.866. The highest BCUT2D eigenvalue weighted by molar-refractivity contribution is 5.89. The van der Waals surface area contributed by atoms with E-state index >= 15 is 0 Å². The highest BCUT2D eigenvalue weighted by Gasteiger charge is 2.33. The van der Waals surface area contributed by atoms with Gasteiger partial charge in [0, 0.05) is 13.1 Å². The van der Waals surface area contributed by atoms with Crippen LogP contribution in [0.2, 0.25) is 0 Å². The van der Waals surface area contributed by atoms with E-state index in [1.54, 1.807) is 6.07 Å². The normalized spacial score (nSPS) is 21.5. The molecule has 104 valence electrons. The van der Waals surface area contributed by atoms with Gasteiger partial charge in [0.25, 0.3) is 0 Å². The summed E-state index contributed by atoms with van der Waals surface area (Å²) in [4.78, 5) is 13.5. The van der Waals surface area contributed by atoms with Crippen molar-refractivity contribution in [3.05, 3.63) is 35.1 Å². The molecule has 0 aliphatic heterocycles. The van der Waals surface area contributed by atoms with Crippen molar-refractivity contribution in [3.63, 3.8) is 0 Å². The van der Waals surface area contributed by atoms with Crippen molar-refractivity contribution in [3.8, 4) is 0 Å². The Kier molecular flexibility index (Phi) is 4.20. The first kappa shape index (κ1) is 14.0. The average molecular weight is 265 g/mol. The lowest BCUT2D eigenvalue weighted by atomic mass is 10.1. The molecule has 2 atom stereocenters. The molecule has 2 unspecified atom stereocenters. The lowest BCUT2D eigenvalue weighted by molar-refractivity contribution is 0.0595. The molecule has 0 spiro atoms. The highest BCUT2D eigenvalue weighted by Crippen LogP contribution is 2.38. The third-order valence-electron chi connectivity index (χ3n) is 3.71. The summed E-state index contributed by atoms with van der Waals surface area (Å²) >= 11 is 0. The van der Waals surface area contributed by atoms with Crippen LogP contribution in [0.5, 0.6) is 0 Å². The van der Waals surface area contributed by atoms with Crippen LogP contribution >= 0.6 is 0 Å². The molecule has 3 nitrogen and oxygen atoms in total. The Morgan fingerprint density at radius 3 is 2.74 bits per heavy atom. The van der Waals surface area contributed by atoms with Crippen LogP contribution in [0.3, 0.4) is 0 Å². The van der Waals surface area contributed by atoms with Crippen molar-refractivity contribution >= 4 is 5.97 Å². The predicted octanol–water partition coefficient (Wildman–Crippen LogP) is 2.70. The number of ether oxygens (including phenoxy) is 1. The van der Waals surface area contributed by atoms with Crippen LogP contribution in [0.15, 0.2) is 18.2 Å². The second-order valence-electron chi connectivity index (χ2n) is 5.48. The maximum Gasteiger partial charge on any atom is 0.340 e. The monoisotopic (exact) mass is 265 g/mol. The zero-order chi connectivity index (χ0) is 14.0. The number of rotatable bonds is 5. The molecule has 0 aromatic heterocycles. The van der Waals surface area contributed by atoms with Gasteiger partial charge in [-0.2, -0.15) is 0 Å². The fraction of sp³-hybridized carbons (Fsp3) is 0.533. The van der Waals surface area contributed by atoms with Crippen LogP contribution in [-0.2, 0) is 11.3 Å². The minimum atomic E-state index is -0.635. The lowest BCUT2D eigenvalue weighted by Crippen LogP contribution is -2.21. The topological polar surface area (TPSA) is 29.5 Å². The molecule has 0 bridgehead atoms. The molecule has 0 amide bonds. The van der Waals surface area contributed by atoms with Crippen LogP contribution in [0.1, 0.15) is 29.3 Å². The molecule has 0 heterocycles. The molecule has 2 rings (SSSR count). The number of esters is 1. The number of hydrogen-bond acceptors (Lipinski definition) is 3. The number of nitrogens with zero attached hydrogens (tertiary/aromatic N) is 1. The molecular formula is C15H20FNO2. The number of benzene rings is 1. The molecule has 4 heteroatoms. The molecule has 0 N–H and O–H groups in total. The number of carbonyl (C=O) groups is 1. The second-order valence-corrected chi connectivity index (χ2v) is 5.48. The van der Waals surface area contributed by atoms with Gasteiger partial charge in [0.15, 0.2) is 0 Å². The van der Waals surface area contributed by atoms with E-state index in [9.17, 15) is 9.18 Å². The zero-order valence-electron chi connectivity index (χ0n) is 11.6. The summed E-state index contributed by atoms with van der Waals surface area (Å²) in [6.45, 7) is 3.99. The number of carbonyl (C=O) groups excluding carboxylic acids is 1. The van der Waals surface area contributed by atoms with Gasteiger partial charge in [0.1, 0.15) is 5.82 Å². The summed E-state index contributed by atoms with van der Waals surface area (Å²) in [6, 6.07) is 4.69. The minimum Gasteiger partial charge on any atom is -0.465 e. The third kappa shape index (κ3) is 3.53. The fourth-order valence-corrected chi connectivity index (χ4v) is 2.36. The Morgan fingerprint density at radius 2 is 2.21 bits per heavy atom. The average Bonchev–Trinajstić information content (AvgIpc) is 3.03. The van der Waals surface area contributed by atoms with Gasteiger partial charge in [-0.25, -0.2) is 9.18 Å². The van der Waals surface area contributed by atoms with Crippen molar-refractivity contribution in [1.29, 1.82) is 0 Å². The van der Waals surface area contributed by atoms with Gasteiger partial charge in [0.05, 0.1) is 12.7 Å². The van der Waals surface area contributed by atoms with E-state index in [1.165, 1.54) is 25.7 Å². The van der Waals surface area contributed by atoms with E-state index in [1.807, 2.05) is 7.05 Å². The number of methoxy groups -OCH3 is 1. The van der Waals surface area contributed by atoms with Crippen molar-refractivity contribution in [2.45, 2.75) is 19.9 Å². The van der Waals surface area contributed by atoms with E-state index < -0.39 is 11.8 Å². The number of hydrogen-bond donors (Lipinski definition) is 0. The van der Waals surface area contributed by atoms with Crippen molar-refractivity contribution < 1.29 is 13.9 Å². The van der Waals surface area contributed by atoms with E-state index in [0.717, 1.165) is 23.9 Å². The smallest absolute Gasteiger partial charge is 0.340 e. The summed E-state index contributed by atoms with van der Waals surface area (Å²) in [6.07, 6.45) is 1.29. The maximum absolute atomic E-state index is 13.8. The van der Waals surface area contributed by atoms with Crippen LogP contribution < -0.4 is 0 Å². The molecule has 1 aromatic rings. The molecule has 19 heavy (non-hydrogen) atoms. The lowest BCUT2D eigenvalue weighted by Gasteiger charge is -2.16.